The van der Waals surface area contributed by atoms with E-state index in [1.54, 1.807) is 7.11 Å². The van der Waals surface area contributed by atoms with E-state index in [-0.39, 0.29) is 12.1 Å². The van der Waals surface area contributed by atoms with Crippen LogP contribution in [0, 0.1) is 27.7 Å². The number of pyridine rings is 1. The van der Waals surface area contributed by atoms with Crippen LogP contribution in [0.15, 0.2) is 72.9 Å². The van der Waals surface area contributed by atoms with Crippen molar-refractivity contribution in [2.75, 3.05) is 12.0 Å². The number of rotatable bonds is 5. The largest absolute Gasteiger partial charge is 0.495 e. The number of hydrogen-bond acceptors (Lipinski definition) is 3. The molecule has 0 amide bonds. The quantitative estimate of drug-likeness (QED) is 0.339. The highest BCUT2D eigenvalue weighted by Gasteiger charge is 2.43. The molecule has 6 heteroatoms. The number of anilines is 1. The smallest absolute Gasteiger partial charge is 0.174 e. The van der Waals surface area contributed by atoms with Crippen molar-refractivity contribution >= 4 is 23.0 Å². The molecule has 2 aromatic carbocycles. The Morgan fingerprint density at radius 1 is 0.914 bits per heavy atom. The number of nitrogens with zero attached hydrogens (tertiary/aromatic N) is 3. The second kappa shape index (κ2) is 9.19. The summed E-state index contributed by atoms with van der Waals surface area (Å²) in [7, 11) is 1.70. The number of methoxy groups -OCH3 is 1. The molecule has 1 aliphatic heterocycles. The van der Waals surface area contributed by atoms with E-state index >= 15 is 0 Å². The van der Waals surface area contributed by atoms with Crippen LogP contribution in [0.3, 0.4) is 0 Å². The van der Waals surface area contributed by atoms with Crippen molar-refractivity contribution in [2.45, 2.75) is 39.8 Å². The number of ether oxygens (including phenoxy) is 1. The maximum atomic E-state index is 5.92. The number of para-hydroxylation sites is 2. The Morgan fingerprint density at radius 2 is 1.63 bits per heavy atom. The fourth-order valence-electron chi connectivity index (χ4n) is 5.32. The maximum Gasteiger partial charge on any atom is 0.174 e. The minimum atomic E-state index is -0.109. The summed E-state index contributed by atoms with van der Waals surface area (Å²) in [6, 6.07) is 22.8. The standard InChI is InChI=1S/C29H30N4OS/c1-18-14-19(2)16-22(15-18)32-20(3)17-23(21(32)4)28-27(24-10-8-9-13-30-24)31-29(35)33(28)25-11-6-7-12-26(25)34-5/h6-17,27-28H,1-5H3,(H,31,35)/t27-,28-/m0/s1. The molecule has 0 saturated carbocycles. The molecule has 1 aliphatic rings. The van der Waals surface area contributed by atoms with Gasteiger partial charge in [0.2, 0.25) is 0 Å². The summed E-state index contributed by atoms with van der Waals surface area (Å²) < 4.78 is 8.08. The van der Waals surface area contributed by atoms with Crippen LogP contribution in [0.4, 0.5) is 5.69 Å². The van der Waals surface area contributed by atoms with Crippen LogP contribution in [0.25, 0.3) is 5.69 Å². The lowest BCUT2D eigenvalue weighted by Crippen LogP contribution is -2.30. The Balaban J connectivity index is 1.71. The Bertz CT molecular complexity index is 1380. The number of nitrogens with one attached hydrogen (secondary N) is 1. The molecule has 4 aromatic rings. The highest BCUT2D eigenvalue weighted by Crippen LogP contribution is 2.46. The van der Waals surface area contributed by atoms with Crippen LogP contribution in [-0.4, -0.2) is 21.8 Å². The summed E-state index contributed by atoms with van der Waals surface area (Å²) in [5.74, 6) is 0.784. The summed E-state index contributed by atoms with van der Waals surface area (Å²) in [6.45, 7) is 8.65. The van der Waals surface area contributed by atoms with Crippen LogP contribution < -0.4 is 15.0 Å². The first-order valence-electron chi connectivity index (χ1n) is 11.8. The first-order chi connectivity index (χ1) is 16.9. The van der Waals surface area contributed by atoms with Gasteiger partial charge >= 0.3 is 0 Å². The van der Waals surface area contributed by atoms with E-state index in [9.17, 15) is 0 Å². The van der Waals surface area contributed by atoms with Crippen molar-refractivity contribution in [3.8, 4) is 11.4 Å². The van der Waals surface area contributed by atoms with Crippen LogP contribution in [0.2, 0.25) is 0 Å². The van der Waals surface area contributed by atoms with Crippen LogP contribution in [-0.2, 0) is 0 Å². The molecular weight excluding hydrogens is 452 g/mol. The van der Waals surface area contributed by atoms with Crippen molar-refractivity contribution in [2.24, 2.45) is 0 Å². The van der Waals surface area contributed by atoms with Gasteiger partial charge in [-0.1, -0.05) is 24.3 Å². The molecule has 0 unspecified atom stereocenters. The Kier molecular flexibility index (Phi) is 6.07. The fourth-order valence-corrected chi connectivity index (χ4v) is 5.66. The van der Waals surface area contributed by atoms with E-state index in [0.29, 0.717) is 5.11 Å². The normalized spacial score (nSPS) is 17.5. The molecule has 178 valence electrons. The first kappa shape index (κ1) is 23.1. The van der Waals surface area contributed by atoms with Gasteiger partial charge in [0.1, 0.15) is 5.75 Å². The molecule has 0 spiro atoms. The van der Waals surface area contributed by atoms with Crippen LogP contribution in [0.1, 0.15) is 45.9 Å². The van der Waals surface area contributed by atoms with Crippen LogP contribution in [0.5, 0.6) is 5.75 Å². The third kappa shape index (κ3) is 4.08. The summed E-state index contributed by atoms with van der Waals surface area (Å²) in [4.78, 5) is 6.88. The minimum Gasteiger partial charge on any atom is -0.495 e. The van der Waals surface area contributed by atoms with Crippen molar-refractivity contribution in [3.05, 3.63) is 107 Å². The molecule has 35 heavy (non-hydrogen) atoms. The number of hydrogen-bond donors (Lipinski definition) is 1. The molecule has 2 aromatic heterocycles. The third-order valence-corrected chi connectivity index (χ3v) is 7.01. The predicted molar refractivity (Wildman–Crippen MR) is 146 cm³/mol. The zero-order valence-corrected chi connectivity index (χ0v) is 21.6. The topological polar surface area (TPSA) is 42.3 Å². The lowest BCUT2D eigenvalue weighted by Gasteiger charge is -2.29. The zero-order valence-electron chi connectivity index (χ0n) is 20.7. The highest BCUT2D eigenvalue weighted by atomic mass is 32.1. The highest BCUT2D eigenvalue weighted by molar-refractivity contribution is 7.80. The lowest BCUT2D eigenvalue weighted by atomic mass is 9.96. The van der Waals surface area contributed by atoms with E-state index in [1.165, 1.54) is 33.8 Å². The fraction of sp³-hybridized carbons (Fsp3) is 0.241. The minimum absolute atomic E-state index is 0.0976. The molecule has 3 heterocycles. The number of thiocarbonyl (C=S) groups is 1. The number of aromatic nitrogens is 2. The predicted octanol–water partition coefficient (Wildman–Crippen LogP) is 6.29. The second-order valence-corrected chi connectivity index (χ2v) is 9.56. The Hall–Kier alpha value is -3.64. The summed E-state index contributed by atoms with van der Waals surface area (Å²) >= 11 is 5.92. The van der Waals surface area contributed by atoms with Gasteiger partial charge in [-0.2, -0.15) is 0 Å². The Morgan fingerprint density at radius 3 is 2.31 bits per heavy atom. The molecule has 0 radical (unpaired) electrons. The molecule has 0 aliphatic carbocycles. The first-order valence-corrected chi connectivity index (χ1v) is 12.2. The molecule has 2 atom stereocenters. The van der Waals surface area contributed by atoms with Gasteiger partial charge in [-0.3, -0.25) is 4.98 Å². The molecule has 1 saturated heterocycles. The van der Waals surface area contributed by atoms with Gasteiger partial charge in [-0.15, -0.1) is 0 Å². The van der Waals surface area contributed by atoms with Gasteiger partial charge in [0, 0.05) is 23.3 Å². The summed E-state index contributed by atoms with van der Waals surface area (Å²) in [5.41, 5.74) is 9.14. The van der Waals surface area contributed by atoms with E-state index in [2.05, 4.69) is 78.9 Å². The lowest BCUT2D eigenvalue weighted by molar-refractivity contribution is 0.414. The average molecular weight is 483 g/mol. The molecule has 1 fully saturated rings. The molecule has 1 N–H and O–H groups in total. The van der Waals surface area contributed by atoms with Crippen LogP contribution >= 0.6 is 12.2 Å². The van der Waals surface area contributed by atoms with E-state index in [4.69, 9.17) is 21.9 Å². The van der Waals surface area contributed by atoms with Gasteiger partial charge in [0.05, 0.1) is 30.6 Å². The number of benzene rings is 2. The van der Waals surface area contributed by atoms with Gasteiger partial charge in [-0.25, -0.2) is 0 Å². The monoisotopic (exact) mass is 482 g/mol. The van der Waals surface area contributed by atoms with Gasteiger partial charge < -0.3 is 19.5 Å². The van der Waals surface area contributed by atoms with Gasteiger partial charge in [-0.05, 0) is 99.1 Å². The Labute approximate surface area is 212 Å². The van der Waals surface area contributed by atoms with E-state index in [0.717, 1.165) is 17.1 Å². The van der Waals surface area contributed by atoms with Gasteiger partial charge in [0.15, 0.2) is 5.11 Å². The van der Waals surface area contributed by atoms with Crippen molar-refractivity contribution in [1.29, 1.82) is 0 Å². The SMILES string of the molecule is COc1ccccc1N1C(=S)N[C@@H](c2ccccn2)[C@@H]1c1cc(C)n(-c2cc(C)cc(C)c2)c1C. The van der Waals surface area contributed by atoms with Gasteiger partial charge in [0.25, 0.3) is 0 Å². The molecule has 5 rings (SSSR count). The van der Waals surface area contributed by atoms with Crippen molar-refractivity contribution in [1.82, 2.24) is 14.9 Å². The summed E-state index contributed by atoms with van der Waals surface area (Å²) in [5, 5.41) is 4.22. The van der Waals surface area contributed by atoms with E-state index < -0.39 is 0 Å². The summed E-state index contributed by atoms with van der Waals surface area (Å²) in [6.07, 6.45) is 1.84. The molecule has 5 nitrogen and oxygen atoms in total. The molecule has 0 bridgehead atoms. The average Bonchev–Trinajstić information content (AvgIpc) is 3.33. The molecular formula is C29H30N4OS. The number of aryl methyl sites for hydroxylation is 3. The zero-order chi connectivity index (χ0) is 24.7. The third-order valence-electron chi connectivity index (χ3n) is 6.70. The van der Waals surface area contributed by atoms with Crippen molar-refractivity contribution < 1.29 is 4.74 Å². The maximum absolute atomic E-state index is 5.92. The van der Waals surface area contributed by atoms with Crippen molar-refractivity contribution in [3.63, 3.8) is 0 Å². The second-order valence-electron chi connectivity index (χ2n) is 9.18. The van der Waals surface area contributed by atoms with E-state index in [1.807, 2.05) is 36.5 Å².